The van der Waals surface area contributed by atoms with Crippen LogP contribution in [0.5, 0.6) is 0 Å². The predicted octanol–water partition coefficient (Wildman–Crippen LogP) is 15.7. The normalized spacial score (nSPS) is 11.9. The third-order valence-corrected chi connectivity index (χ3v) is 14.3. The molecule has 0 N–H and O–H groups in total. The van der Waals surface area contributed by atoms with Gasteiger partial charge in [-0.05, 0) is 126 Å². The van der Waals surface area contributed by atoms with Gasteiger partial charge in [0.1, 0.15) is 23.3 Å². The Morgan fingerprint density at radius 2 is 0.500 bits per heavy atom. The maximum absolute atomic E-state index is 12.3. The van der Waals surface area contributed by atoms with E-state index in [2.05, 4.69) is 218 Å². The molecule has 9 aromatic carbocycles. The van der Waals surface area contributed by atoms with Crippen LogP contribution >= 0.6 is 0 Å². The van der Waals surface area contributed by atoms with E-state index < -0.39 is 0 Å². The zero-order valence-electron chi connectivity index (χ0n) is 38.7. The largest absolute Gasteiger partial charge is 0.306 e. The number of aryl methyl sites for hydroxylation is 6. The summed E-state index contributed by atoms with van der Waals surface area (Å²) < 4.78 is 9.18. The van der Waals surface area contributed by atoms with Gasteiger partial charge in [0.15, 0.2) is 0 Å². The van der Waals surface area contributed by atoms with Crippen molar-refractivity contribution in [2.75, 3.05) is 0 Å². The first kappa shape index (κ1) is 39.5. The lowest BCUT2D eigenvalue weighted by molar-refractivity contribution is 1.02. The first-order chi connectivity index (χ1) is 33.1. The second-order valence-corrected chi connectivity index (χ2v) is 18.9. The summed E-state index contributed by atoms with van der Waals surface area (Å²) in [7, 11) is 0. The Morgan fingerprint density at radius 3 is 0.779 bits per heavy atom. The minimum Gasteiger partial charge on any atom is -0.306 e. The first-order valence-corrected chi connectivity index (χ1v) is 23.2. The van der Waals surface area contributed by atoms with Crippen molar-refractivity contribution in [2.24, 2.45) is 0 Å². The van der Waals surface area contributed by atoms with E-state index in [0.717, 1.165) is 126 Å². The van der Waals surface area contributed by atoms with Crippen LogP contribution in [0.25, 0.3) is 110 Å². The van der Waals surface area contributed by atoms with E-state index in [1.54, 1.807) is 0 Å². The lowest BCUT2D eigenvalue weighted by Crippen LogP contribution is -2.17. The average molecular weight is 873 g/mol. The molecule has 0 aliphatic heterocycles. The molecule has 0 unspecified atom stereocenters. The molecule has 13 aromatic rings. The molecule has 6 nitrogen and oxygen atoms in total. The molecule has 0 amide bonds. The summed E-state index contributed by atoms with van der Waals surface area (Å²) in [5.41, 5.74) is 18.0. The van der Waals surface area contributed by atoms with E-state index in [0.29, 0.717) is 28.2 Å². The van der Waals surface area contributed by atoms with Gasteiger partial charge in [-0.2, -0.15) is 10.5 Å². The molecular weight excluding hydrogens is 829 g/mol. The van der Waals surface area contributed by atoms with E-state index in [1.165, 1.54) is 0 Å². The summed E-state index contributed by atoms with van der Waals surface area (Å²) in [5.74, 6) is 0. The van der Waals surface area contributed by atoms with Gasteiger partial charge in [-0.25, -0.2) is 0 Å². The van der Waals surface area contributed by atoms with Gasteiger partial charge >= 0.3 is 0 Å². The highest BCUT2D eigenvalue weighted by molar-refractivity contribution is 6.16. The predicted molar refractivity (Wildman–Crippen MR) is 282 cm³/mol. The van der Waals surface area contributed by atoms with Gasteiger partial charge in [-0.15, -0.1) is 0 Å². The molecule has 322 valence electrons. The minimum atomic E-state index is 0.397. The molecule has 68 heavy (non-hydrogen) atoms. The third kappa shape index (κ3) is 5.37. The van der Waals surface area contributed by atoms with Crippen molar-refractivity contribution in [3.63, 3.8) is 0 Å². The Labute approximate surface area is 392 Å². The van der Waals surface area contributed by atoms with Crippen LogP contribution in [0, 0.1) is 64.2 Å². The standard InChI is InChI=1S/C62H44N6/c1-35-15-21-53-43(27-35)44-28-36(2)16-22-54(44)66(53)60-49(33-63)59(65-51-13-9-7-11-41(51)42-12-8-10-14-52(42)65)50(34-64)61(67-55-23-17-37(3)29-45(55)46-30-38(4)18-24-56(46)67)62(60)68-57-25-19-39(5)31-47(57)48-32-40(6)20-26-58(48)68/h7-32H,1-6H3. The molecule has 0 aliphatic carbocycles. The fraction of sp³-hybridized carbons (Fsp3) is 0.0968. The number of hydrogen-bond acceptors (Lipinski definition) is 2. The van der Waals surface area contributed by atoms with Crippen molar-refractivity contribution >= 4 is 87.2 Å². The van der Waals surface area contributed by atoms with Crippen molar-refractivity contribution in [3.8, 4) is 34.9 Å². The third-order valence-electron chi connectivity index (χ3n) is 14.3. The minimum absolute atomic E-state index is 0.397. The molecule has 13 rings (SSSR count). The van der Waals surface area contributed by atoms with Crippen LogP contribution < -0.4 is 0 Å². The monoisotopic (exact) mass is 872 g/mol. The number of nitrogens with zero attached hydrogens (tertiary/aromatic N) is 6. The zero-order valence-corrected chi connectivity index (χ0v) is 38.7. The molecule has 4 aromatic heterocycles. The van der Waals surface area contributed by atoms with Crippen LogP contribution in [-0.4, -0.2) is 18.3 Å². The van der Waals surface area contributed by atoms with E-state index in [4.69, 9.17) is 0 Å². The molecule has 0 bridgehead atoms. The number of aromatic nitrogens is 4. The molecular formula is C62H44N6. The van der Waals surface area contributed by atoms with Crippen LogP contribution in [0.2, 0.25) is 0 Å². The van der Waals surface area contributed by atoms with E-state index >= 15 is 0 Å². The molecule has 0 aliphatic rings. The molecule has 0 fully saturated rings. The number of para-hydroxylation sites is 2. The van der Waals surface area contributed by atoms with Gasteiger partial charge in [0.25, 0.3) is 0 Å². The van der Waals surface area contributed by atoms with Gasteiger partial charge in [0.2, 0.25) is 0 Å². The van der Waals surface area contributed by atoms with Crippen LogP contribution in [-0.2, 0) is 0 Å². The number of fused-ring (bicyclic) bond motifs is 12. The summed E-state index contributed by atoms with van der Waals surface area (Å²) in [6.45, 7) is 12.8. The Kier molecular flexibility index (Phi) is 8.33. The van der Waals surface area contributed by atoms with Gasteiger partial charge in [-0.1, -0.05) is 106 Å². The Bertz CT molecular complexity index is 4080. The topological polar surface area (TPSA) is 67.3 Å². The van der Waals surface area contributed by atoms with Gasteiger partial charge in [0.05, 0.1) is 66.9 Å². The molecule has 4 heterocycles. The van der Waals surface area contributed by atoms with Crippen molar-refractivity contribution in [1.29, 1.82) is 10.5 Å². The Balaban J connectivity index is 1.40. The molecule has 0 saturated carbocycles. The second kappa shape index (κ2) is 14.3. The zero-order chi connectivity index (χ0) is 46.3. The summed E-state index contributed by atoms with van der Waals surface area (Å²) in [6.07, 6.45) is 0. The molecule has 0 radical (unpaired) electrons. The van der Waals surface area contributed by atoms with E-state index in [9.17, 15) is 10.5 Å². The van der Waals surface area contributed by atoms with E-state index in [-0.39, 0.29) is 0 Å². The quantitative estimate of drug-likeness (QED) is 0.177. The van der Waals surface area contributed by atoms with Crippen LogP contribution in [0.4, 0.5) is 0 Å². The van der Waals surface area contributed by atoms with Crippen molar-refractivity contribution in [2.45, 2.75) is 41.5 Å². The van der Waals surface area contributed by atoms with E-state index in [1.807, 2.05) is 12.1 Å². The molecule has 0 spiro atoms. The SMILES string of the molecule is Cc1ccc2c(c1)c1cc(C)ccc1n2-c1c(C#N)c(-n2c3ccccc3c3ccccc32)c(C#N)c(-n2c3ccc(C)cc3c3cc(C)ccc32)c1-n1c2ccc(C)cc2c2cc(C)ccc21. The van der Waals surface area contributed by atoms with Crippen LogP contribution in [0.3, 0.4) is 0 Å². The average Bonchev–Trinajstić information content (AvgIpc) is 4.04. The molecule has 6 heteroatoms. The fourth-order valence-corrected chi connectivity index (χ4v) is 11.4. The van der Waals surface area contributed by atoms with Crippen molar-refractivity contribution in [3.05, 3.63) is 202 Å². The first-order valence-electron chi connectivity index (χ1n) is 23.2. The number of benzene rings is 9. The Morgan fingerprint density at radius 1 is 0.265 bits per heavy atom. The summed E-state index contributed by atoms with van der Waals surface area (Å²) >= 11 is 0. The summed E-state index contributed by atoms with van der Waals surface area (Å²) in [6, 6.07) is 62.3. The van der Waals surface area contributed by atoms with Crippen LogP contribution in [0.1, 0.15) is 44.5 Å². The van der Waals surface area contributed by atoms with Crippen molar-refractivity contribution < 1.29 is 0 Å². The maximum atomic E-state index is 12.3. The molecule has 0 saturated heterocycles. The number of nitriles is 2. The van der Waals surface area contributed by atoms with Crippen LogP contribution in [0.15, 0.2) is 158 Å². The maximum Gasteiger partial charge on any atom is 0.104 e. The highest BCUT2D eigenvalue weighted by Crippen LogP contribution is 2.49. The fourth-order valence-electron chi connectivity index (χ4n) is 11.4. The lowest BCUT2D eigenvalue weighted by atomic mass is 9.98. The second-order valence-electron chi connectivity index (χ2n) is 18.9. The summed E-state index contributed by atoms with van der Waals surface area (Å²) in [5, 5.41) is 33.4. The van der Waals surface area contributed by atoms with Gasteiger partial charge in [-0.3, -0.25) is 0 Å². The number of rotatable bonds is 4. The number of hydrogen-bond donors (Lipinski definition) is 0. The van der Waals surface area contributed by atoms with Gasteiger partial charge in [0, 0.05) is 43.1 Å². The smallest absolute Gasteiger partial charge is 0.104 e. The Hall–Kier alpha value is -8.84. The summed E-state index contributed by atoms with van der Waals surface area (Å²) in [4.78, 5) is 0. The highest BCUT2D eigenvalue weighted by Gasteiger charge is 2.34. The lowest BCUT2D eigenvalue weighted by Gasteiger charge is -2.27. The van der Waals surface area contributed by atoms with Crippen molar-refractivity contribution in [1.82, 2.24) is 18.3 Å². The van der Waals surface area contributed by atoms with Gasteiger partial charge < -0.3 is 18.3 Å². The molecule has 0 atom stereocenters. The highest BCUT2D eigenvalue weighted by atomic mass is 15.1.